The molecular formula is C17H22N4O3. The van der Waals surface area contributed by atoms with E-state index in [0.29, 0.717) is 0 Å². The second-order valence-corrected chi connectivity index (χ2v) is 6.07. The van der Waals surface area contributed by atoms with Gasteiger partial charge in [-0.3, -0.25) is 18.7 Å². The molecule has 0 amide bonds. The molecule has 1 heterocycles. The number of nitrogens with zero attached hydrogens (tertiary/aromatic N) is 2. The van der Waals surface area contributed by atoms with Gasteiger partial charge < -0.3 is 11.1 Å². The van der Waals surface area contributed by atoms with Crippen LogP contribution in [0.3, 0.4) is 0 Å². The molecule has 3 N–H and O–H groups in total. The highest BCUT2D eigenvalue weighted by molar-refractivity contribution is 6.04. The third-order valence-corrected chi connectivity index (χ3v) is 3.95. The monoisotopic (exact) mass is 330 g/mol. The van der Waals surface area contributed by atoms with Crippen LogP contribution in [0.15, 0.2) is 27.8 Å². The maximum Gasteiger partial charge on any atom is 0.332 e. The number of hydrogen-bond donors (Lipinski definition) is 2. The van der Waals surface area contributed by atoms with Crippen LogP contribution in [-0.2, 0) is 14.1 Å². The molecule has 2 aromatic rings. The standard InChI is InChI=1S/C17H22N4O3/c1-9-6-10(2)8-12(7-9)19-11(3)14(22)13-15(18)20(4)17(24)21(5)16(13)23/h6-8,11,19H,18H2,1-5H3/t11-/m1/s1. The molecule has 1 aromatic heterocycles. The molecular weight excluding hydrogens is 308 g/mol. The summed E-state index contributed by atoms with van der Waals surface area (Å²) in [4.78, 5) is 36.8. The molecule has 0 unspecified atom stereocenters. The van der Waals surface area contributed by atoms with Crippen LogP contribution in [0, 0.1) is 13.8 Å². The number of nitrogen functional groups attached to an aromatic ring is 1. The van der Waals surface area contributed by atoms with E-state index < -0.39 is 23.1 Å². The number of aromatic nitrogens is 2. The molecule has 0 radical (unpaired) electrons. The minimum Gasteiger partial charge on any atom is -0.384 e. The Morgan fingerprint density at radius 1 is 1.08 bits per heavy atom. The van der Waals surface area contributed by atoms with E-state index >= 15 is 0 Å². The van der Waals surface area contributed by atoms with Gasteiger partial charge >= 0.3 is 5.69 Å². The van der Waals surface area contributed by atoms with E-state index in [-0.39, 0.29) is 11.4 Å². The molecule has 1 aromatic carbocycles. The Hall–Kier alpha value is -2.83. The van der Waals surface area contributed by atoms with Gasteiger partial charge in [-0.1, -0.05) is 6.07 Å². The predicted octanol–water partition coefficient (Wildman–Crippen LogP) is 0.966. The molecule has 0 bridgehead atoms. The highest BCUT2D eigenvalue weighted by Gasteiger charge is 2.24. The summed E-state index contributed by atoms with van der Waals surface area (Å²) in [5, 5.41) is 3.09. The van der Waals surface area contributed by atoms with Gasteiger partial charge in [0.2, 0.25) is 0 Å². The molecule has 1 atom stereocenters. The third kappa shape index (κ3) is 3.10. The number of benzene rings is 1. The molecule has 0 fully saturated rings. The van der Waals surface area contributed by atoms with Crippen molar-refractivity contribution in [2.75, 3.05) is 11.1 Å². The summed E-state index contributed by atoms with van der Waals surface area (Å²) in [5.74, 6) is -0.579. The molecule has 7 nitrogen and oxygen atoms in total. The molecule has 128 valence electrons. The Balaban J connectivity index is 2.42. The van der Waals surface area contributed by atoms with Gasteiger partial charge in [-0.05, 0) is 44.0 Å². The Morgan fingerprint density at radius 2 is 1.62 bits per heavy atom. The maximum atomic E-state index is 12.7. The number of Topliss-reactive ketones (excluding diaryl/α,β-unsaturated/α-hetero) is 1. The van der Waals surface area contributed by atoms with E-state index in [0.717, 1.165) is 25.9 Å². The summed E-state index contributed by atoms with van der Waals surface area (Å²) in [6.45, 7) is 5.58. The van der Waals surface area contributed by atoms with Crippen molar-refractivity contribution in [2.45, 2.75) is 26.8 Å². The van der Waals surface area contributed by atoms with E-state index in [1.54, 1.807) is 6.92 Å². The highest BCUT2D eigenvalue weighted by Crippen LogP contribution is 2.16. The van der Waals surface area contributed by atoms with Gasteiger partial charge in [-0.2, -0.15) is 0 Å². The zero-order valence-corrected chi connectivity index (χ0v) is 14.5. The average molecular weight is 330 g/mol. The zero-order chi connectivity index (χ0) is 18.2. The first-order valence-corrected chi connectivity index (χ1v) is 7.58. The summed E-state index contributed by atoms with van der Waals surface area (Å²) >= 11 is 0. The van der Waals surface area contributed by atoms with Gasteiger partial charge in [-0.15, -0.1) is 0 Å². The summed E-state index contributed by atoms with van der Waals surface area (Å²) in [7, 11) is 2.75. The van der Waals surface area contributed by atoms with Crippen LogP contribution >= 0.6 is 0 Å². The van der Waals surface area contributed by atoms with Gasteiger partial charge in [0.05, 0.1) is 6.04 Å². The van der Waals surface area contributed by atoms with Crippen LogP contribution in [0.2, 0.25) is 0 Å². The van der Waals surface area contributed by atoms with Crippen LogP contribution in [-0.4, -0.2) is 21.0 Å². The Bertz CT molecular complexity index is 904. The molecule has 2 rings (SSSR count). The van der Waals surface area contributed by atoms with Crippen molar-refractivity contribution in [1.82, 2.24) is 9.13 Å². The second kappa shape index (κ2) is 6.35. The van der Waals surface area contributed by atoms with Crippen LogP contribution in [0.1, 0.15) is 28.4 Å². The fraction of sp³-hybridized carbons (Fsp3) is 0.353. The van der Waals surface area contributed by atoms with Crippen LogP contribution in [0.25, 0.3) is 0 Å². The average Bonchev–Trinajstić information content (AvgIpc) is 2.50. The van der Waals surface area contributed by atoms with Crippen molar-refractivity contribution in [3.05, 3.63) is 55.7 Å². The van der Waals surface area contributed by atoms with Gasteiger partial charge in [0.1, 0.15) is 11.4 Å². The van der Waals surface area contributed by atoms with Crippen molar-refractivity contribution in [1.29, 1.82) is 0 Å². The van der Waals surface area contributed by atoms with Gasteiger partial charge in [-0.25, -0.2) is 4.79 Å². The number of ketones is 1. The predicted molar refractivity (Wildman–Crippen MR) is 94.7 cm³/mol. The van der Waals surface area contributed by atoms with E-state index in [1.807, 2.05) is 32.0 Å². The van der Waals surface area contributed by atoms with Crippen molar-refractivity contribution in [2.24, 2.45) is 14.1 Å². The molecule has 0 saturated heterocycles. The fourth-order valence-corrected chi connectivity index (χ4v) is 2.68. The van der Waals surface area contributed by atoms with Crippen molar-refractivity contribution >= 4 is 17.3 Å². The van der Waals surface area contributed by atoms with Crippen LogP contribution in [0.4, 0.5) is 11.5 Å². The lowest BCUT2D eigenvalue weighted by Crippen LogP contribution is -2.43. The largest absolute Gasteiger partial charge is 0.384 e. The Kier molecular flexibility index (Phi) is 4.64. The van der Waals surface area contributed by atoms with Gasteiger partial charge in [0, 0.05) is 19.8 Å². The number of rotatable bonds is 4. The van der Waals surface area contributed by atoms with Crippen LogP contribution in [0.5, 0.6) is 0 Å². The van der Waals surface area contributed by atoms with E-state index in [9.17, 15) is 14.4 Å². The Morgan fingerprint density at radius 3 is 2.17 bits per heavy atom. The van der Waals surface area contributed by atoms with E-state index in [1.165, 1.54) is 14.1 Å². The third-order valence-electron chi connectivity index (χ3n) is 3.95. The minimum absolute atomic E-state index is 0.123. The van der Waals surface area contributed by atoms with E-state index in [4.69, 9.17) is 5.73 Å². The molecule has 0 aliphatic rings. The number of carbonyl (C=O) groups excluding carboxylic acids is 1. The fourth-order valence-electron chi connectivity index (χ4n) is 2.68. The Labute approximate surface area is 139 Å². The maximum absolute atomic E-state index is 12.7. The van der Waals surface area contributed by atoms with Crippen LogP contribution < -0.4 is 22.3 Å². The lowest BCUT2D eigenvalue weighted by molar-refractivity contribution is 0.0973. The van der Waals surface area contributed by atoms with Crippen molar-refractivity contribution in [3.8, 4) is 0 Å². The molecule has 0 saturated carbocycles. The molecule has 7 heteroatoms. The first-order valence-electron chi connectivity index (χ1n) is 7.58. The molecule has 0 aliphatic heterocycles. The number of hydrogen-bond acceptors (Lipinski definition) is 5. The molecule has 24 heavy (non-hydrogen) atoms. The highest BCUT2D eigenvalue weighted by atomic mass is 16.2. The SMILES string of the molecule is Cc1cc(C)cc(N[C@H](C)C(=O)c2c(N)n(C)c(=O)n(C)c2=O)c1. The minimum atomic E-state index is -0.685. The zero-order valence-electron chi connectivity index (χ0n) is 14.5. The van der Waals surface area contributed by atoms with Gasteiger partial charge in [0.15, 0.2) is 5.78 Å². The lowest BCUT2D eigenvalue weighted by Gasteiger charge is -2.17. The van der Waals surface area contributed by atoms with Crippen molar-refractivity contribution in [3.63, 3.8) is 0 Å². The topological polar surface area (TPSA) is 99.1 Å². The summed E-state index contributed by atoms with van der Waals surface area (Å²) in [6.07, 6.45) is 0. The number of nitrogens with one attached hydrogen (secondary N) is 1. The quantitative estimate of drug-likeness (QED) is 0.814. The number of nitrogens with two attached hydrogens (primary N) is 1. The summed E-state index contributed by atoms with van der Waals surface area (Å²) in [6, 6.07) is 5.19. The summed E-state index contributed by atoms with van der Waals surface area (Å²) < 4.78 is 1.98. The molecule has 0 aliphatic carbocycles. The normalized spacial score (nSPS) is 12.0. The smallest absolute Gasteiger partial charge is 0.332 e. The number of aryl methyl sites for hydroxylation is 2. The lowest BCUT2D eigenvalue weighted by atomic mass is 10.1. The first-order chi connectivity index (χ1) is 11.1. The number of carbonyl (C=O) groups is 1. The number of anilines is 2. The van der Waals surface area contributed by atoms with Gasteiger partial charge in [0.25, 0.3) is 5.56 Å². The molecule has 0 spiro atoms. The first kappa shape index (κ1) is 17.5. The second-order valence-electron chi connectivity index (χ2n) is 6.07. The summed E-state index contributed by atoms with van der Waals surface area (Å²) in [5.41, 5.74) is 7.32. The van der Waals surface area contributed by atoms with E-state index in [2.05, 4.69) is 5.32 Å². The van der Waals surface area contributed by atoms with Crippen molar-refractivity contribution < 1.29 is 4.79 Å².